The molecule has 0 saturated heterocycles. The molecule has 0 saturated carbocycles. The van der Waals surface area contributed by atoms with Crippen molar-refractivity contribution in [1.82, 2.24) is 4.98 Å². The number of hydrogen-bond donors (Lipinski definition) is 1. The standard InChI is InChI=1S/C22H26N2O3/c1-22(2,3)24-18-13-17(23-16-10-8-7-9-15(16)18)14-11-19(25-4)21(27-6)20(12-14)26-5/h7-13H,1-6H3,(H,23,24). The van der Waals surface area contributed by atoms with Crippen LogP contribution in [-0.4, -0.2) is 31.9 Å². The van der Waals surface area contributed by atoms with E-state index in [4.69, 9.17) is 19.2 Å². The summed E-state index contributed by atoms with van der Waals surface area (Å²) in [5.74, 6) is 1.77. The van der Waals surface area contributed by atoms with E-state index in [0.717, 1.165) is 27.8 Å². The number of fused-ring (bicyclic) bond motifs is 1. The van der Waals surface area contributed by atoms with Crippen molar-refractivity contribution in [2.75, 3.05) is 26.6 Å². The van der Waals surface area contributed by atoms with E-state index in [9.17, 15) is 0 Å². The maximum absolute atomic E-state index is 5.49. The van der Waals surface area contributed by atoms with Gasteiger partial charge in [-0.05, 0) is 45.0 Å². The Labute approximate surface area is 160 Å². The third kappa shape index (κ3) is 3.92. The number of methoxy groups -OCH3 is 3. The van der Waals surface area contributed by atoms with Crippen LogP contribution in [0.3, 0.4) is 0 Å². The second-order valence-corrected chi connectivity index (χ2v) is 7.36. The third-order valence-corrected chi connectivity index (χ3v) is 4.19. The number of para-hydroxylation sites is 1. The van der Waals surface area contributed by atoms with Gasteiger partial charge in [0.05, 0.1) is 32.5 Å². The molecule has 0 bridgehead atoms. The van der Waals surface area contributed by atoms with Gasteiger partial charge in [-0.2, -0.15) is 0 Å². The van der Waals surface area contributed by atoms with Crippen molar-refractivity contribution >= 4 is 16.6 Å². The van der Waals surface area contributed by atoms with Crippen LogP contribution in [0.15, 0.2) is 42.5 Å². The number of ether oxygens (including phenoxy) is 3. The van der Waals surface area contributed by atoms with Gasteiger partial charge in [-0.25, -0.2) is 4.98 Å². The molecule has 1 heterocycles. The molecule has 5 heteroatoms. The van der Waals surface area contributed by atoms with Gasteiger partial charge in [0.15, 0.2) is 11.5 Å². The maximum Gasteiger partial charge on any atom is 0.203 e. The third-order valence-electron chi connectivity index (χ3n) is 4.19. The lowest BCUT2D eigenvalue weighted by Crippen LogP contribution is -2.26. The molecule has 142 valence electrons. The van der Waals surface area contributed by atoms with E-state index < -0.39 is 0 Å². The fourth-order valence-electron chi connectivity index (χ4n) is 3.06. The first-order valence-corrected chi connectivity index (χ1v) is 8.84. The average Bonchev–Trinajstić information content (AvgIpc) is 2.65. The number of nitrogens with zero attached hydrogens (tertiary/aromatic N) is 1. The zero-order chi connectivity index (χ0) is 19.6. The van der Waals surface area contributed by atoms with Crippen LogP contribution in [0.25, 0.3) is 22.2 Å². The molecule has 0 aliphatic carbocycles. The van der Waals surface area contributed by atoms with Gasteiger partial charge in [-0.15, -0.1) is 0 Å². The summed E-state index contributed by atoms with van der Waals surface area (Å²) < 4.78 is 16.4. The van der Waals surface area contributed by atoms with E-state index >= 15 is 0 Å². The van der Waals surface area contributed by atoms with Gasteiger partial charge in [0.1, 0.15) is 0 Å². The fraction of sp³-hybridized carbons (Fsp3) is 0.318. The Morgan fingerprint density at radius 3 is 2.04 bits per heavy atom. The van der Waals surface area contributed by atoms with Crippen LogP contribution >= 0.6 is 0 Å². The molecular weight excluding hydrogens is 340 g/mol. The Bertz CT molecular complexity index is 936. The summed E-state index contributed by atoms with van der Waals surface area (Å²) in [5, 5.41) is 4.67. The number of anilines is 1. The van der Waals surface area contributed by atoms with Crippen molar-refractivity contribution in [3.63, 3.8) is 0 Å². The highest BCUT2D eigenvalue weighted by molar-refractivity contribution is 5.94. The summed E-state index contributed by atoms with van der Waals surface area (Å²) in [4.78, 5) is 4.85. The molecule has 3 aromatic rings. The maximum atomic E-state index is 5.49. The smallest absolute Gasteiger partial charge is 0.203 e. The molecule has 3 rings (SSSR count). The van der Waals surface area contributed by atoms with Crippen molar-refractivity contribution in [2.24, 2.45) is 0 Å². The van der Waals surface area contributed by atoms with Gasteiger partial charge in [0, 0.05) is 22.2 Å². The number of pyridine rings is 1. The first kappa shape index (κ1) is 18.8. The van der Waals surface area contributed by atoms with Crippen LogP contribution in [0.2, 0.25) is 0 Å². The predicted octanol–water partition coefficient (Wildman–Crippen LogP) is 5.14. The molecule has 2 aromatic carbocycles. The van der Waals surface area contributed by atoms with Crippen LogP contribution < -0.4 is 19.5 Å². The lowest BCUT2D eigenvalue weighted by molar-refractivity contribution is 0.324. The van der Waals surface area contributed by atoms with Gasteiger partial charge in [0.2, 0.25) is 5.75 Å². The van der Waals surface area contributed by atoms with Crippen LogP contribution in [0.4, 0.5) is 5.69 Å². The summed E-state index contributed by atoms with van der Waals surface area (Å²) in [6.07, 6.45) is 0. The van der Waals surface area contributed by atoms with E-state index in [-0.39, 0.29) is 5.54 Å². The van der Waals surface area contributed by atoms with E-state index in [1.165, 1.54) is 0 Å². The van der Waals surface area contributed by atoms with Gasteiger partial charge in [-0.3, -0.25) is 0 Å². The Hall–Kier alpha value is -2.95. The average molecular weight is 366 g/mol. The van der Waals surface area contributed by atoms with Gasteiger partial charge >= 0.3 is 0 Å². The Kier molecular flexibility index (Phi) is 5.13. The van der Waals surface area contributed by atoms with Gasteiger partial charge in [0.25, 0.3) is 0 Å². The molecule has 0 unspecified atom stereocenters. The highest BCUT2D eigenvalue weighted by Crippen LogP contribution is 2.41. The van der Waals surface area contributed by atoms with Crippen molar-refractivity contribution in [2.45, 2.75) is 26.3 Å². The summed E-state index contributed by atoms with van der Waals surface area (Å²) in [7, 11) is 4.82. The lowest BCUT2D eigenvalue weighted by atomic mass is 10.0. The molecule has 0 atom stereocenters. The molecule has 1 aromatic heterocycles. The predicted molar refractivity (Wildman–Crippen MR) is 110 cm³/mol. The zero-order valence-electron chi connectivity index (χ0n) is 16.7. The molecule has 0 fully saturated rings. The lowest BCUT2D eigenvalue weighted by Gasteiger charge is -2.24. The minimum atomic E-state index is -0.0727. The summed E-state index contributed by atoms with van der Waals surface area (Å²) >= 11 is 0. The molecule has 0 spiro atoms. The number of hydrogen-bond acceptors (Lipinski definition) is 5. The molecule has 0 radical (unpaired) electrons. The molecular formula is C22H26N2O3. The number of nitrogens with one attached hydrogen (secondary N) is 1. The first-order valence-electron chi connectivity index (χ1n) is 8.84. The largest absolute Gasteiger partial charge is 0.493 e. The van der Waals surface area contributed by atoms with Gasteiger partial charge < -0.3 is 19.5 Å². The van der Waals surface area contributed by atoms with Crippen molar-refractivity contribution in [1.29, 1.82) is 0 Å². The van der Waals surface area contributed by atoms with Crippen molar-refractivity contribution in [3.05, 3.63) is 42.5 Å². The fourth-order valence-corrected chi connectivity index (χ4v) is 3.06. The highest BCUT2D eigenvalue weighted by Gasteiger charge is 2.17. The van der Waals surface area contributed by atoms with E-state index in [0.29, 0.717) is 17.2 Å². The van der Waals surface area contributed by atoms with Crippen molar-refractivity contribution in [3.8, 4) is 28.5 Å². The quantitative estimate of drug-likeness (QED) is 0.678. The van der Waals surface area contributed by atoms with E-state index in [1.54, 1.807) is 21.3 Å². The second kappa shape index (κ2) is 7.35. The van der Waals surface area contributed by atoms with Crippen LogP contribution in [-0.2, 0) is 0 Å². The van der Waals surface area contributed by atoms with Crippen molar-refractivity contribution < 1.29 is 14.2 Å². The molecule has 0 aliphatic rings. The molecule has 5 nitrogen and oxygen atoms in total. The molecule has 0 amide bonds. The Morgan fingerprint density at radius 2 is 1.48 bits per heavy atom. The highest BCUT2D eigenvalue weighted by atomic mass is 16.5. The first-order chi connectivity index (χ1) is 12.9. The van der Waals surface area contributed by atoms with Crippen LogP contribution in [0, 0.1) is 0 Å². The zero-order valence-corrected chi connectivity index (χ0v) is 16.7. The Balaban J connectivity index is 2.22. The summed E-state index contributed by atoms with van der Waals surface area (Å²) in [5.41, 5.74) is 3.62. The van der Waals surface area contributed by atoms with E-state index in [1.807, 2.05) is 30.3 Å². The number of rotatable bonds is 5. The monoisotopic (exact) mass is 366 g/mol. The molecule has 1 N–H and O–H groups in total. The van der Waals surface area contributed by atoms with E-state index in [2.05, 4.69) is 38.2 Å². The minimum absolute atomic E-state index is 0.0727. The summed E-state index contributed by atoms with van der Waals surface area (Å²) in [6, 6.07) is 14.0. The van der Waals surface area contributed by atoms with Crippen LogP contribution in [0.1, 0.15) is 20.8 Å². The molecule has 0 aliphatic heterocycles. The SMILES string of the molecule is COc1cc(-c2cc(NC(C)(C)C)c3ccccc3n2)cc(OC)c1OC. The minimum Gasteiger partial charge on any atom is -0.493 e. The number of benzene rings is 2. The Morgan fingerprint density at radius 1 is 0.852 bits per heavy atom. The molecule has 27 heavy (non-hydrogen) atoms. The second-order valence-electron chi connectivity index (χ2n) is 7.36. The van der Waals surface area contributed by atoms with Gasteiger partial charge in [-0.1, -0.05) is 18.2 Å². The topological polar surface area (TPSA) is 52.6 Å². The normalized spacial score (nSPS) is 11.3. The number of aromatic nitrogens is 1. The summed E-state index contributed by atoms with van der Waals surface area (Å²) in [6.45, 7) is 6.42. The van der Waals surface area contributed by atoms with Crippen LogP contribution in [0.5, 0.6) is 17.2 Å².